The topological polar surface area (TPSA) is 21.3 Å². The van der Waals surface area contributed by atoms with Gasteiger partial charge >= 0.3 is 0 Å². The standard InChI is InChI=1S/C16H24BrNO/c1-13-5-7-14(8-6-13)12-18-9-10-19-16-4-2-3-15(17)11-16/h2-4,11,13-14,18H,5-10,12H2,1H3. The Hall–Kier alpha value is -0.540. The van der Waals surface area contributed by atoms with Crippen LogP contribution in [0.1, 0.15) is 32.6 Å². The van der Waals surface area contributed by atoms with Crippen molar-refractivity contribution in [3.05, 3.63) is 28.7 Å². The molecule has 106 valence electrons. The van der Waals surface area contributed by atoms with Gasteiger partial charge in [-0.2, -0.15) is 0 Å². The number of ether oxygens (including phenoxy) is 1. The third-order valence-electron chi connectivity index (χ3n) is 3.91. The van der Waals surface area contributed by atoms with Crippen LogP contribution in [-0.2, 0) is 0 Å². The van der Waals surface area contributed by atoms with Gasteiger partial charge in [0.1, 0.15) is 12.4 Å². The predicted octanol–water partition coefficient (Wildman–Crippen LogP) is 4.24. The van der Waals surface area contributed by atoms with Crippen molar-refractivity contribution in [3.63, 3.8) is 0 Å². The third-order valence-corrected chi connectivity index (χ3v) is 4.41. The summed E-state index contributed by atoms with van der Waals surface area (Å²) in [6.07, 6.45) is 5.59. The van der Waals surface area contributed by atoms with Gasteiger partial charge in [0.25, 0.3) is 0 Å². The van der Waals surface area contributed by atoms with Gasteiger partial charge in [-0.05, 0) is 49.4 Å². The summed E-state index contributed by atoms with van der Waals surface area (Å²) in [5.74, 6) is 2.75. The first-order chi connectivity index (χ1) is 9.24. The van der Waals surface area contributed by atoms with E-state index in [9.17, 15) is 0 Å². The number of hydrogen-bond acceptors (Lipinski definition) is 2. The Bertz CT molecular complexity index is 375. The summed E-state index contributed by atoms with van der Waals surface area (Å²) >= 11 is 3.45. The molecule has 1 aliphatic carbocycles. The van der Waals surface area contributed by atoms with Gasteiger partial charge in [-0.25, -0.2) is 0 Å². The van der Waals surface area contributed by atoms with Crippen LogP contribution in [0.4, 0.5) is 0 Å². The van der Waals surface area contributed by atoms with E-state index < -0.39 is 0 Å². The van der Waals surface area contributed by atoms with Crippen molar-refractivity contribution in [1.82, 2.24) is 5.32 Å². The maximum atomic E-state index is 5.70. The molecule has 1 aromatic carbocycles. The fourth-order valence-electron chi connectivity index (χ4n) is 2.64. The van der Waals surface area contributed by atoms with Crippen LogP contribution in [0.2, 0.25) is 0 Å². The van der Waals surface area contributed by atoms with Crippen molar-refractivity contribution in [2.45, 2.75) is 32.6 Å². The summed E-state index contributed by atoms with van der Waals surface area (Å²) in [7, 11) is 0. The summed E-state index contributed by atoms with van der Waals surface area (Å²) < 4.78 is 6.76. The lowest BCUT2D eigenvalue weighted by atomic mass is 9.83. The SMILES string of the molecule is CC1CCC(CNCCOc2cccc(Br)c2)CC1. The average Bonchev–Trinajstić information content (AvgIpc) is 2.41. The predicted molar refractivity (Wildman–Crippen MR) is 83.6 cm³/mol. The van der Waals surface area contributed by atoms with E-state index in [0.717, 1.165) is 41.8 Å². The van der Waals surface area contributed by atoms with Gasteiger partial charge in [0, 0.05) is 11.0 Å². The van der Waals surface area contributed by atoms with E-state index >= 15 is 0 Å². The van der Waals surface area contributed by atoms with Gasteiger partial charge in [-0.3, -0.25) is 0 Å². The minimum absolute atomic E-state index is 0.736. The van der Waals surface area contributed by atoms with Gasteiger partial charge in [0.15, 0.2) is 0 Å². The van der Waals surface area contributed by atoms with Crippen molar-refractivity contribution in [2.24, 2.45) is 11.8 Å². The molecule has 1 aromatic rings. The van der Waals surface area contributed by atoms with E-state index in [0.29, 0.717) is 0 Å². The van der Waals surface area contributed by atoms with Crippen LogP contribution in [0.25, 0.3) is 0 Å². The summed E-state index contributed by atoms with van der Waals surface area (Å²) in [5.41, 5.74) is 0. The maximum Gasteiger partial charge on any atom is 0.120 e. The van der Waals surface area contributed by atoms with Gasteiger partial charge in [0.2, 0.25) is 0 Å². The first kappa shape index (κ1) is 14.9. The largest absolute Gasteiger partial charge is 0.492 e. The Kier molecular flexibility index (Phi) is 6.18. The smallest absolute Gasteiger partial charge is 0.120 e. The van der Waals surface area contributed by atoms with Gasteiger partial charge in [-0.1, -0.05) is 41.8 Å². The number of benzene rings is 1. The fraction of sp³-hybridized carbons (Fsp3) is 0.625. The van der Waals surface area contributed by atoms with E-state index in [1.807, 2.05) is 24.3 Å². The van der Waals surface area contributed by atoms with Crippen molar-refractivity contribution in [2.75, 3.05) is 19.7 Å². The monoisotopic (exact) mass is 325 g/mol. The highest BCUT2D eigenvalue weighted by molar-refractivity contribution is 9.10. The molecule has 0 aliphatic heterocycles. The molecule has 0 unspecified atom stereocenters. The molecule has 1 N–H and O–H groups in total. The van der Waals surface area contributed by atoms with Crippen molar-refractivity contribution in [3.8, 4) is 5.75 Å². The minimum Gasteiger partial charge on any atom is -0.492 e. The lowest BCUT2D eigenvalue weighted by Crippen LogP contribution is -2.29. The second-order valence-electron chi connectivity index (χ2n) is 5.64. The zero-order chi connectivity index (χ0) is 13.5. The summed E-state index contributed by atoms with van der Waals surface area (Å²) in [6.45, 7) is 5.18. The normalized spacial score (nSPS) is 23.3. The molecular weight excluding hydrogens is 302 g/mol. The Morgan fingerprint density at radius 3 is 2.79 bits per heavy atom. The summed E-state index contributed by atoms with van der Waals surface area (Å²) in [4.78, 5) is 0. The van der Waals surface area contributed by atoms with Crippen molar-refractivity contribution in [1.29, 1.82) is 0 Å². The van der Waals surface area contributed by atoms with E-state index in [1.54, 1.807) is 0 Å². The highest BCUT2D eigenvalue weighted by Gasteiger charge is 2.17. The van der Waals surface area contributed by atoms with Crippen LogP contribution < -0.4 is 10.1 Å². The molecule has 0 spiro atoms. The second kappa shape index (κ2) is 7.91. The lowest BCUT2D eigenvalue weighted by Gasteiger charge is -2.26. The first-order valence-corrected chi connectivity index (χ1v) is 8.12. The van der Waals surface area contributed by atoms with Crippen LogP contribution in [0, 0.1) is 11.8 Å². The Labute approximate surface area is 125 Å². The zero-order valence-corrected chi connectivity index (χ0v) is 13.3. The summed E-state index contributed by atoms with van der Waals surface area (Å²) in [5, 5.41) is 3.52. The molecule has 1 aliphatic rings. The van der Waals surface area contributed by atoms with E-state index in [-0.39, 0.29) is 0 Å². The van der Waals surface area contributed by atoms with Crippen LogP contribution in [-0.4, -0.2) is 19.7 Å². The fourth-order valence-corrected chi connectivity index (χ4v) is 3.02. The Balaban J connectivity index is 1.55. The summed E-state index contributed by atoms with van der Waals surface area (Å²) in [6, 6.07) is 8.00. The molecule has 0 amide bonds. The number of nitrogens with one attached hydrogen (secondary N) is 1. The Morgan fingerprint density at radius 1 is 1.26 bits per heavy atom. The molecule has 0 radical (unpaired) electrons. The zero-order valence-electron chi connectivity index (χ0n) is 11.7. The molecule has 1 saturated carbocycles. The van der Waals surface area contributed by atoms with Crippen molar-refractivity contribution >= 4 is 15.9 Å². The molecule has 1 fully saturated rings. The molecule has 19 heavy (non-hydrogen) atoms. The molecule has 2 rings (SSSR count). The minimum atomic E-state index is 0.736. The molecule has 0 saturated heterocycles. The first-order valence-electron chi connectivity index (χ1n) is 7.33. The number of rotatable bonds is 6. The van der Waals surface area contributed by atoms with Gasteiger partial charge < -0.3 is 10.1 Å². The highest BCUT2D eigenvalue weighted by atomic mass is 79.9. The van der Waals surface area contributed by atoms with E-state index in [1.165, 1.54) is 25.7 Å². The van der Waals surface area contributed by atoms with Crippen LogP contribution in [0.5, 0.6) is 5.75 Å². The van der Waals surface area contributed by atoms with Gasteiger partial charge in [-0.15, -0.1) is 0 Å². The molecule has 0 atom stereocenters. The molecule has 0 heterocycles. The molecule has 0 bridgehead atoms. The van der Waals surface area contributed by atoms with Crippen molar-refractivity contribution < 1.29 is 4.74 Å². The van der Waals surface area contributed by atoms with Gasteiger partial charge in [0.05, 0.1) is 0 Å². The van der Waals surface area contributed by atoms with E-state index in [4.69, 9.17) is 4.74 Å². The maximum absolute atomic E-state index is 5.70. The van der Waals surface area contributed by atoms with Crippen LogP contribution >= 0.6 is 15.9 Å². The average molecular weight is 326 g/mol. The van der Waals surface area contributed by atoms with E-state index in [2.05, 4.69) is 28.2 Å². The second-order valence-corrected chi connectivity index (χ2v) is 6.55. The van der Waals surface area contributed by atoms with Crippen LogP contribution in [0.15, 0.2) is 28.7 Å². The quantitative estimate of drug-likeness (QED) is 0.790. The number of halogens is 1. The molecular formula is C16H24BrNO. The molecule has 3 heteroatoms. The van der Waals surface area contributed by atoms with Crippen LogP contribution in [0.3, 0.4) is 0 Å². The third kappa shape index (κ3) is 5.53. The lowest BCUT2D eigenvalue weighted by molar-refractivity contribution is 0.268. The Morgan fingerprint density at radius 2 is 2.05 bits per heavy atom. The molecule has 2 nitrogen and oxygen atoms in total. The number of hydrogen-bond donors (Lipinski definition) is 1. The molecule has 0 aromatic heterocycles. The highest BCUT2D eigenvalue weighted by Crippen LogP contribution is 2.27.